The van der Waals surface area contributed by atoms with Crippen LogP contribution >= 0.6 is 0 Å². The van der Waals surface area contributed by atoms with Crippen molar-refractivity contribution in [3.05, 3.63) is 247 Å². The molecule has 0 aliphatic heterocycles. The molecule has 8 heteroatoms. The summed E-state index contributed by atoms with van der Waals surface area (Å²) in [5.41, 5.74) is 13.8. The molecule has 10 aromatic carbocycles. The average Bonchev–Trinajstić information content (AvgIpc) is 3.95. The predicted octanol–water partition coefficient (Wildman–Crippen LogP) is 17.7. The van der Waals surface area contributed by atoms with Gasteiger partial charge in [-0.15, -0.1) is 0 Å². The van der Waals surface area contributed by atoms with Gasteiger partial charge in [-0.1, -0.05) is 169 Å². The Hall–Kier alpha value is -9.40. The van der Waals surface area contributed by atoms with Gasteiger partial charge in [0.15, 0.2) is 17.5 Å². The molecule has 0 aliphatic rings. The number of rotatable bonds is 8. The molecule has 0 spiro atoms. The van der Waals surface area contributed by atoms with E-state index < -0.39 is 11.7 Å². The van der Waals surface area contributed by atoms with Gasteiger partial charge in [-0.2, -0.15) is 13.2 Å². The fraction of sp³-hybridized carbons (Fsp3) is 0.0455. The van der Waals surface area contributed by atoms with E-state index in [0.29, 0.717) is 45.5 Å². The Morgan fingerprint density at radius 1 is 0.311 bits per heavy atom. The van der Waals surface area contributed by atoms with Crippen LogP contribution in [-0.4, -0.2) is 24.1 Å². The lowest BCUT2D eigenvalue weighted by Gasteiger charge is -2.21. The first-order valence-corrected chi connectivity index (χ1v) is 24.6. The van der Waals surface area contributed by atoms with Crippen LogP contribution in [0.1, 0.15) is 16.7 Å². The topological polar surface area (TPSA) is 48.5 Å². The molecule has 0 radical (unpaired) electrons. The molecule has 354 valence electrons. The van der Waals surface area contributed by atoms with Crippen LogP contribution in [0.25, 0.3) is 123 Å². The number of aromatic nitrogens is 5. The van der Waals surface area contributed by atoms with Crippen molar-refractivity contribution < 1.29 is 13.2 Å². The van der Waals surface area contributed by atoms with E-state index in [1.807, 2.05) is 109 Å². The van der Waals surface area contributed by atoms with E-state index >= 15 is 13.2 Å². The summed E-state index contributed by atoms with van der Waals surface area (Å²) in [5.74, 6) is 1.33. The second kappa shape index (κ2) is 17.7. The Labute approximate surface area is 425 Å². The number of hydrogen-bond acceptors (Lipinski definition) is 3. The molecule has 0 atom stereocenters. The minimum Gasteiger partial charge on any atom is -0.309 e. The van der Waals surface area contributed by atoms with E-state index in [0.717, 1.165) is 88.1 Å². The minimum absolute atomic E-state index is 0.379. The maximum absolute atomic E-state index is 15.4. The number of hydrogen-bond donors (Lipinski definition) is 0. The number of aryl methyl sites for hydroxylation is 2. The maximum Gasteiger partial charge on any atom is 0.416 e. The summed E-state index contributed by atoms with van der Waals surface area (Å²) in [6.45, 7) is 4.17. The van der Waals surface area contributed by atoms with Crippen molar-refractivity contribution in [3.63, 3.8) is 0 Å². The Balaban J connectivity index is 1.12. The van der Waals surface area contributed by atoms with Gasteiger partial charge in [0.2, 0.25) is 0 Å². The van der Waals surface area contributed by atoms with Crippen LogP contribution in [0.4, 0.5) is 13.2 Å². The molecule has 5 nitrogen and oxygen atoms in total. The highest BCUT2D eigenvalue weighted by atomic mass is 19.4. The molecule has 0 saturated heterocycles. The third kappa shape index (κ3) is 7.79. The summed E-state index contributed by atoms with van der Waals surface area (Å²) in [4.78, 5) is 15.2. The highest BCUT2D eigenvalue weighted by Crippen LogP contribution is 2.45. The zero-order chi connectivity index (χ0) is 50.1. The Kier molecular flexibility index (Phi) is 10.7. The van der Waals surface area contributed by atoms with Crippen LogP contribution in [0.15, 0.2) is 231 Å². The van der Waals surface area contributed by atoms with E-state index in [2.05, 4.69) is 126 Å². The van der Waals surface area contributed by atoms with E-state index in [1.54, 1.807) is 6.07 Å². The maximum atomic E-state index is 15.4. The molecule has 0 fully saturated rings. The lowest BCUT2D eigenvalue weighted by molar-refractivity contribution is -0.137. The summed E-state index contributed by atoms with van der Waals surface area (Å²) in [6.07, 6.45) is -4.66. The molecule has 0 amide bonds. The van der Waals surface area contributed by atoms with Crippen molar-refractivity contribution >= 4 is 43.6 Å². The summed E-state index contributed by atoms with van der Waals surface area (Å²) in [7, 11) is 0. The second-order valence-corrected chi connectivity index (χ2v) is 18.9. The van der Waals surface area contributed by atoms with Crippen molar-refractivity contribution in [3.8, 4) is 78.9 Å². The van der Waals surface area contributed by atoms with Crippen LogP contribution in [0.2, 0.25) is 0 Å². The smallest absolute Gasteiger partial charge is 0.309 e. The molecule has 3 heterocycles. The van der Waals surface area contributed by atoms with E-state index in [4.69, 9.17) is 15.0 Å². The summed E-state index contributed by atoms with van der Waals surface area (Å²) < 4.78 is 50.5. The molecule has 13 aromatic rings. The molecular weight excluding hydrogens is 920 g/mol. The number of alkyl halides is 3. The van der Waals surface area contributed by atoms with Crippen LogP contribution in [0.5, 0.6) is 0 Å². The van der Waals surface area contributed by atoms with Gasteiger partial charge in [-0.05, 0) is 109 Å². The first-order chi connectivity index (χ1) is 36.1. The van der Waals surface area contributed by atoms with E-state index in [-0.39, 0.29) is 0 Å². The normalized spacial score (nSPS) is 11.9. The standard InChI is InChI=1S/C66H44F3N5/c1-41-15-13-21-45(35-41)47-27-31-59-53(37-47)51-23-9-11-25-57(51)73(59)61-33-29-49(65-71-63(43-17-5-3-6-18-43)70-64(72-65)44-19-7-4-8-20-44)39-55(61)56-40-50(66(67,68)69)30-34-62(56)74-58-26-12-10-24-52(58)54-38-48(28-32-60(54)74)46-22-14-16-42(2)36-46/h3-40H,1-2H3. The predicted molar refractivity (Wildman–Crippen MR) is 296 cm³/mol. The first-order valence-electron chi connectivity index (χ1n) is 24.6. The zero-order valence-corrected chi connectivity index (χ0v) is 40.3. The molecule has 3 aromatic heterocycles. The number of nitrogens with zero attached hydrogens (tertiary/aromatic N) is 5. The van der Waals surface area contributed by atoms with Crippen molar-refractivity contribution in [2.24, 2.45) is 0 Å². The largest absolute Gasteiger partial charge is 0.416 e. The Morgan fingerprint density at radius 2 is 0.703 bits per heavy atom. The van der Waals surface area contributed by atoms with E-state index in [1.165, 1.54) is 12.1 Å². The average molecular weight is 964 g/mol. The molecule has 74 heavy (non-hydrogen) atoms. The SMILES string of the molecule is Cc1cccc(-c2ccc3c(c2)c2ccccc2n3-c2ccc(-c3nc(-c4ccccc4)nc(-c4ccccc4)n3)cc2-c2cc(C(F)(F)F)ccc2-n2c3ccccc3c3cc(-c4cccc(C)c4)ccc32)c1. The van der Waals surface area contributed by atoms with Gasteiger partial charge < -0.3 is 9.13 Å². The summed E-state index contributed by atoms with van der Waals surface area (Å²) >= 11 is 0. The zero-order valence-electron chi connectivity index (χ0n) is 40.3. The Bertz CT molecular complexity index is 4270. The van der Waals surface area contributed by atoms with Crippen molar-refractivity contribution in [1.82, 2.24) is 24.1 Å². The van der Waals surface area contributed by atoms with Crippen molar-refractivity contribution in [1.29, 1.82) is 0 Å². The van der Waals surface area contributed by atoms with Crippen molar-refractivity contribution in [2.45, 2.75) is 20.0 Å². The van der Waals surface area contributed by atoms with Gasteiger partial charge in [0.05, 0.1) is 39.0 Å². The molecule has 0 aliphatic carbocycles. The highest BCUT2D eigenvalue weighted by molar-refractivity contribution is 6.13. The fourth-order valence-corrected chi connectivity index (χ4v) is 10.6. The van der Waals surface area contributed by atoms with Gasteiger partial charge in [0.1, 0.15) is 0 Å². The monoisotopic (exact) mass is 963 g/mol. The third-order valence-corrected chi connectivity index (χ3v) is 14.1. The Morgan fingerprint density at radius 3 is 1.19 bits per heavy atom. The quantitative estimate of drug-likeness (QED) is 0.152. The first kappa shape index (κ1) is 44.5. The number of para-hydroxylation sites is 2. The minimum atomic E-state index is -4.66. The lowest BCUT2D eigenvalue weighted by atomic mass is 9.96. The summed E-state index contributed by atoms with van der Waals surface area (Å²) in [5, 5.41) is 4.00. The lowest BCUT2D eigenvalue weighted by Crippen LogP contribution is -2.08. The van der Waals surface area contributed by atoms with Crippen LogP contribution in [-0.2, 0) is 6.18 Å². The number of halogens is 3. The number of fused-ring (bicyclic) bond motifs is 6. The van der Waals surface area contributed by atoms with Gasteiger partial charge in [-0.25, -0.2) is 15.0 Å². The number of benzene rings is 10. The molecule has 0 bridgehead atoms. The third-order valence-electron chi connectivity index (χ3n) is 14.1. The van der Waals surface area contributed by atoms with Gasteiger partial charge in [0, 0.05) is 49.4 Å². The van der Waals surface area contributed by atoms with Crippen LogP contribution in [0, 0.1) is 13.8 Å². The fourth-order valence-electron chi connectivity index (χ4n) is 10.6. The van der Waals surface area contributed by atoms with Gasteiger partial charge in [-0.3, -0.25) is 0 Å². The molecular formula is C66H44F3N5. The molecule has 13 rings (SSSR count). The van der Waals surface area contributed by atoms with Crippen LogP contribution in [0.3, 0.4) is 0 Å². The highest BCUT2D eigenvalue weighted by Gasteiger charge is 2.33. The van der Waals surface area contributed by atoms with Crippen LogP contribution < -0.4 is 0 Å². The molecule has 0 N–H and O–H groups in total. The second-order valence-electron chi connectivity index (χ2n) is 18.9. The molecule has 0 unspecified atom stereocenters. The van der Waals surface area contributed by atoms with Gasteiger partial charge >= 0.3 is 6.18 Å². The van der Waals surface area contributed by atoms with Crippen molar-refractivity contribution in [2.75, 3.05) is 0 Å². The van der Waals surface area contributed by atoms with Gasteiger partial charge in [0.25, 0.3) is 0 Å². The van der Waals surface area contributed by atoms with E-state index in [9.17, 15) is 0 Å². The molecule has 0 saturated carbocycles. The summed E-state index contributed by atoms with van der Waals surface area (Å²) in [6, 6.07) is 75.6.